The normalized spacial score (nSPS) is 12.3. The number of alkyl halides is 3. The number of hydrogen-bond donors (Lipinski definition) is 1. The van der Waals surface area contributed by atoms with E-state index in [0.29, 0.717) is 5.56 Å². The fourth-order valence-electron chi connectivity index (χ4n) is 2.89. The van der Waals surface area contributed by atoms with Crippen molar-refractivity contribution < 1.29 is 22.4 Å². The standard InChI is InChI=1S/C19H19F4NO/c1-11-4-5-12(8-14(11)19(21,22)23)10-18(2,3)15-9-13(17(24)25)6-7-16(15)20/h4-9H,10H2,1-3H3,(H2,24,25). The van der Waals surface area contributed by atoms with Crippen molar-refractivity contribution in [3.8, 4) is 0 Å². The molecule has 0 radical (unpaired) electrons. The Labute approximate surface area is 143 Å². The highest BCUT2D eigenvalue weighted by atomic mass is 19.4. The van der Waals surface area contributed by atoms with Crippen LogP contribution in [0.2, 0.25) is 0 Å². The first kappa shape index (κ1) is 19.0. The van der Waals surface area contributed by atoms with Gasteiger partial charge in [0.2, 0.25) is 5.91 Å². The first-order valence-electron chi connectivity index (χ1n) is 7.68. The van der Waals surface area contributed by atoms with E-state index in [2.05, 4.69) is 0 Å². The van der Waals surface area contributed by atoms with Gasteiger partial charge in [-0.2, -0.15) is 13.2 Å². The lowest BCUT2D eigenvalue weighted by molar-refractivity contribution is -0.138. The second kappa shape index (κ2) is 6.50. The maximum absolute atomic E-state index is 14.2. The van der Waals surface area contributed by atoms with Crippen molar-refractivity contribution in [1.82, 2.24) is 0 Å². The molecule has 1 amide bonds. The van der Waals surface area contributed by atoms with Gasteiger partial charge in [-0.25, -0.2) is 4.39 Å². The third kappa shape index (κ3) is 4.18. The number of nitrogens with two attached hydrogens (primary N) is 1. The second-order valence-electron chi connectivity index (χ2n) is 6.77. The molecule has 0 fully saturated rings. The summed E-state index contributed by atoms with van der Waals surface area (Å²) < 4.78 is 53.5. The van der Waals surface area contributed by atoms with Gasteiger partial charge in [0.25, 0.3) is 0 Å². The van der Waals surface area contributed by atoms with E-state index in [1.54, 1.807) is 19.9 Å². The quantitative estimate of drug-likeness (QED) is 0.791. The van der Waals surface area contributed by atoms with Gasteiger partial charge in [0, 0.05) is 5.56 Å². The van der Waals surface area contributed by atoms with Gasteiger partial charge in [0.05, 0.1) is 5.56 Å². The Bertz CT molecular complexity index is 810. The highest BCUT2D eigenvalue weighted by Crippen LogP contribution is 2.35. The summed E-state index contributed by atoms with van der Waals surface area (Å²) in [6.45, 7) is 4.82. The van der Waals surface area contributed by atoms with Gasteiger partial charge in [-0.15, -0.1) is 0 Å². The minimum atomic E-state index is -4.44. The minimum absolute atomic E-state index is 0.135. The van der Waals surface area contributed by atoms with Crippen molar-refractivity contribution in [3.05, 3.63) is 70.0 Å². The fraction of sp³-hybridized carbons (Fsp3) is 0.316. The van der Waals surface area contributed by atoms with Crippen LogP contribution in [0.3, 0.4) is 0 Å². The van der Waals surface area contributed by atoms with Gasteiger partial charge in [0.15, 0.2) is 0 Å². The lowest BCUT2D eigenvalue weighted by atomic mass is 9.78. The number of amides is 1. The first-order chi connectivity index (χ1) is 11.4. The number of primary amides is 1. The molecule has 0 aliphatic carbocycles. The molecule has 6 heteroatoms. The number of aryl methyl sites for hydroxylation is 1. The molecule has 2 N–H and O–H groups in total. The second-order valence-corrected chi connectivity index (χ2v) is 6.77. The molecular formula is C19H19F4NO. The predicted molar refractivity (Wildman–Crippen MR) is 87.8 cm³/mol. The summed E-state index contributed by atoms with van der Waals surface area (Å²) in [5, 5.41) is 0. The van der Waals surface area contributed by atoms with Crippen LogP contribution in [-0.4, -0.2) is 5.91 Å². The summed E-state index contributed by atoms with van der Waals surface area (Å²) in [4.78, 5) is 11.3. The van der Waals surface area contributed by atoms with Crippen LogP contribution in [0.1, 0.15) is 46.5 Å². The summed E-state index contributed by atoms with van der Waals surface area (Å²) in [7, 11) is 0. The molecule has 134 valence electrons. The molecule has 2 aromatic rings. The van der Waals surface area contributed by atoms with Gasteiger partial charge < -0.3 is 5.73 Å². The number of benzene rings is 2. The molecule has 0 atom stereocenters. The molecule has 2 nitrogen and oxygen atoms in total. The number of rotatable bonds is 4. The highest BCUT2D eigenvalue weighted by Gasteiger charge is 2.33. The average molecular weight is 353 g/mol. The van der Waals surface area contributed by atoms with Crippen LogP contribution in [0, 0.1) is 12.7 Å². The van der Waals surface area contributed by atoms with Gasteiger partial charge in [-0.3, -0.25) is 4.79 Å². The smallest absolute Gasteiger partial charge is 0.366 e. The zero-order valence-electron chi connectivity index (χ0n) is 14.2. The summed E-state index contributed by atoms with van der Waals surface area (Å²) in [5.41, 5.74) is 4.66. The molecule has 0 saturated heterocycles. The van der Waals surface area contributed by atoms with Crippen molar-refractivity contribution >= 4 is 5.91 Å². The van der Waals surface area contributed by atoms with E-state index in [-0.39, 0.29) is 23.1 Å². The van der Waals surface area contributed by atoms with E-state index in [0.717, 1.165) is 12.1 Å². The molecule has 2 rings (SSSR count). The summed E-state index contributed by atoms with van der Waals surface area (Å²) in [6, 6.07) is 7.88. The molecule has 0 aliphatic heterocycles. The van der Waals surface area contributed by atoms with Gasteiger partial charge in [-0.1, -0.05) is 26.0 Å². The zero-order valence-corrected chi connectivity index (χ0v) is 14.2. The number of carbonyl (C=O) groups is 1. The molecule has 0 aliphatic rings. The van der Waals surface area contributed by atoms with Crippen LogP contribution in [-0.2, 0) is 18.0 Å². The predicted octanol–water partition coefficient (Wildman–Crippen LogP) is 4.77. The van der Waals surface area contributed by atoms with E-state index in [9.17, 15) is 22.4 Å². The Morgan fingerprint density at radius 1 is 1.04 bits per heavy atom. The van der Waals surface area contributed by atoms with Crippen LogP contribution in [0.25, 0.3) is 0 Å². The molecule has 0 unspecified atom stereocenters. The molecule has 0 saturated carbocycles. The first-order valence-corrected chi connectivity index (χ1v) is 7.68. The minimum Gasteiger partial charge on any atom is -0.366 e. The fourth-order valence-corrected chi connectivity index (χ4v) is 2.89. The molecule has 0 heterocycles. The number of halogens is 4. The van der Waals surface area contributed by atoms with E-state index in [4.69, 9.17) is 5.73 Å². The van der Waals surface area contributed by atoms with Crippen LogP contribution in [0.15, 0.2) is 36.4 Å². The van der Waals surface area contributed by atoms with Gasteiger partial charge >= 0.3 is 6.18 Å². The Hall–Kier alpha value is -2.37. The van der Waals surface area contributed by atoms with Crippen LogP contribution in [0.4, 0.5) is 17.6 Å². The third-order valence-corrected chi connectivity index (χ3v) is 4.23. The van der Waals surface area contributed by atoms with E-state index in [1.165, 1.54) is 25.1 Å². The van der Waals surface area contributed by atoms with Crippen LogP contribution >= 0.6 is 0 Å². The summed E-state index contributed by atoms with van der Waals surface area (Å²) >= 11 is 0. The molecule has 0 aromatic heterocycles. The molecule has 0 spiro atoms. The maximum atomic E-state index is 14.2. The topological polar surface area (TPSA) is 43.1 Å². The average Bonchev–Trinajstić information content (AvgIpc) is 2.47. The lowest BCUT2D eigenvalue weighted by Crippen LogP contribution is -2.24. The van der Waals surface area contributed by atoms with Crippen molar-refractivity contribution in [2.24, 2.45) is 5.73 Å². The molecule has 25 heavy (non-hydrogen) atoms. The Balaban J connectivity index is 2.43. The van der Waals surface area contributed by atoms with Crippen molar-refractivity contribution in [1.29, 1.82) is 0 Å². The van der Waals surface area contributed by atoms with E-state index >= 15 is 0 Å². The van der Waals surface area contributed by atoms with Gasteiger partial charge in [-0.05, 0) is 59.7 Å². The lowest BCUT2D eigenvalue weighted by Gasteiger charge is -2.27. The summed E-state index contributed by atoms with van der Waals surface area (Å²) in [6.07, 6.45) is -4.27. The molecular weight excluding hydrogens is 334 g/mol. The number of hydrogen-bond acceptors (Lipinski definition) is 1. The Morgan fingerprint density at radius 3 is 2.24 bits per heavy atom. The SMILES string of the molecule is Cc1ccc(CC(C)(C)c2cc(C(N)=O)ccc2F)cc1C(F)(F)F. The van der Waals surface area contributed by atoms with Gasteiger partial charge in [0.1, 0.15) is 5.82 Å². The zero-order chi connectivity index (χ0) is 19.0. The molecule has 2 aromatic carbocycles. The van der Waals surface area contributed by atoms with Crippen LogP contribution < -0.4 is 5.73 Å². The Kier molecular flexibility index (Phi) is 4.93. The van der Waals surface area contributed by atoms with Crippen molar-refractivity contribution in [2.45, 2.75) is 38.8 Å². The highest BCUT2D eigenvalue weighted by molar-refractivity contribution is 5.93. The monoisotopic (exact) mass is 353 g/mol. The van der Waals surface area contributed by atoms with E-state index < -0.39 is 28.9 Å². The number of carbonyl (C=O) groups excluding carboxylic acids is 1. The summed E-state index contributed by atoms with van der Waals surface area (Å²) in [5.74, 6) is -1.22. The largest absolute Gasteiger partial charge is 0.416 e. The molecule has 0 bridgehead atoms. The van der Waals surface area contributed by atoms with Crippen LogP contribution in [0.5, 0.6) is 0 Å². The van der Waals surface area contributed by atoms with Crippen molar-refractivity contribution in [2.75, 3.05) is 0 Å². The maximum Gasteiger partial charge on any atom is 0.416 e. The Morgan fingerprint density at radius 2 is 1.68 bits per heavy atom. The third-order valence-electron chi connectivity index (χ3n) is 4.23. The van der Waals surface area contributed by atoms with Crippen molar-refractivity contribution in [3.63, 3.8) is 0 Å². The van der Waals surface area contributed by atoms with E-state index in [1.807, 2.05) is 0 Å².